The van der Waals surface area contributed by atoms with Crippen LogP contribution in [0.2, 0.25) is 0 Å². The SMILES string of the molecule is NCCOc1ccc(-c2ccncc2)cc1. The van der Waals surface area contributed by atoms with Crippen LogP contribution >= 0.6 is 0 Å². The highest BCUT2D eigenvalue weighted by Gasteiger charge is 1.97. The summed E-state index contributed by atoms with van der Waals surface area (Å²) in [6.07, 6.45) is 3.57. The minimum atomic E-state index is 0.534. The smallest absolute Gasteiger partial charge is 0.119 e. The summed E-state index contributed by atoms with van der Waals surface area (Å²) in [7, 11) is 0. The molecule has 1 heterocycles. The highest BCUT2D eigenvalue weighted by Crippen LogP contribution is 2.21. The van der Waals surface area contributed by atoms with Crippen LogP contribution in [0.15, 0.2) is 48.8 Å². The Labute approximate surface area is 94.9 Å². The van der Waals surface area contributed by atoms with E-state index in [9.17, 15) is 0 Å². The van der Waals surface area contributed by atoms with Gasteiger partial charge in [-0.25, -0.2) is 0 Å². The predicted molar refractivity (Wildman–Crippen MR) is 64.2 cm³/mol. The maximum atomic E-state index is 5.41. The molecule has 0 unspecified atom stereocenters. The summed E-state index contributed by atoms with van der Waals surface area (Å²) < 4.78 is 5.41. The van der Waals surface area contributed by atoms with Crippen LogP contribution < -0.4 is 10.5 Å². The minimum Gasteiger partial charge on any atom is -0.492 e. The first kappa shape index (κ1) is 10.6. The lowest BCUT2D eigenvalue weighted by Gasteiger charge is -2.05. The van der Waals surface area contributed by atoms with Crippen molar-refractivity contribution in [3.8, 4) is 16.9 Å². The van der Waals surface area contributed by atoms with Crippen molar-refractivity contribution < 1.29 is 4.74 Å². The Morgan fingerprint density at radius 1 is 0.938 bits per heavy atom. The monoisotopic (exact) mass is 214 g/mol. The molecule has 0 bridgehead atoms. The summed E-state index contributed by atoms with van der Waals surface area (Å²) >= 11 is 0. The molecule has 1 aromatic heterocycles. The molecule has 2 rings (SSSR count). The molecule has 2 aromatic rings. The van der Waals surface area contributed by atoms with Crippen LogP contribution in [-0.2, 0) is 0 Å². The Balaban J connectivity index is 2.13. The highest BCUT2D eigenvalue weighted by molar-refractivity contribution is 5.63. The lowest BCUT2D eigenvalue weighted by Crippen LogP contribution is -2.10. The zero-order valence-corrected chi connectivity index (χ0v) is 8.97. The van der Waals surface area contributed by atoms with E-state index in [-0.39, 0.29) is 0 Å². The van der Waals surface area contributed by atoms with Crippen LogP contribution in [0.1, 0.15) is 0 Å². The number of ether oxygens (including phenoxy) is 1. The van der Waals surface area contributed by atoms with Gasteiger partial charge in [0.1, 0.15) is 12.4 Å². The third kappa shape index (κ3) is 2.58. The fraction of sp³-hybridized carbons (Fsp3) is 0.154. The average Bonchev–Trinajstić information content (AvgIpc) is 2.38. The first-order valence-corrected chi connectivity index (χ1v) is 5.23. The van der Waals surface area contributed by atoms with Gasteiger partial charge in [-0.2, -0.15) is 0 Å². The van der Waals surface area contributed by atoms with Crippen molar-refractivity contribution in [3.63, 3.8) is 0 Å². The van der Waals surface area contributed by atoms with Gasteiger partial charge >= 0.3 is 0 Å². The maximum Gasteiger partial charge on any atom is 0.119 e. The zero-order chi connectivity index (χ0) is 11.2. The average molecular weight is 214 g/mol. The largest absolute Gasteiger partial charge is 0.492 e. The Hall–Kier alpha value is -1.87. The van der Waals surface area contributed by atoms with E-state index in [1.807, 2.05) is 36.4 Å². The quantitative estimate of drug-likeness (QED) is 0.847. The van der Waals surface area contributed by atoms with Crippen LogP contribution in [0.3, 0.4) is 0 Å². The van der Waals surface area contributed by atoms with Crippen LogP contribution in [-0.4, -0.2) is 18.1 Å². The van der Waals surface area contributed by atoms with Gasteiger partial charge in [-0.1, -0.05) is 12.1 Å². The fourth-order valence-electron chi connectivity index (χ4n) is 1.46. The van der Waals surface area contributed by atoms with Gasteiger partial charge in [0, 0.05) is 18.9 Å². The van der Waals surface area contributed by atoms with Crippen molar-refractivity contribution in [2.75, 3.05) is 13.2 Å². The molecule has 0 spiro atoms. The van der Waals surface area contributed by atoms with Gasteiger partial charge in [-0.05, 0) is 35.4 Å². The molecular weight excluding hydrogens is 200 g/mol. The Kier molecular flexibility index (Phi) is 3.51. The number of nitrogens with zero attached hydrogens (tertiary/aromatic N) is 1. The molecule has 0 fully saturated rings. The normalized spacial score (nSPS) is 10.1. The van der Waals surface area contributed by atoms with E-state index < -0.39 is 0 Å². The number of benzene rings is 1. The fourth-order valence-corrected chi connectivity index (χ4v) is 1.46. The Morgan fingerprint density at radius 3 is 2.19 bits per heavy atom. The Morgan fingerprint density at radius 2 is 1.56 bits per heavy atom. The second-order valence-corrected chi connectivity index (χ2v) is 3.40. The molecular formula is C13H14N2O. The lowest BCUT2D eigenvalue weighted by atomic mass is 10.1. The standard InChI is InChI=1S/C13H14N2O/c14-7-10-16-13-3-1-11(2-4-13)12-5-8-15-9-6-12/h1-6,8-9H,7,10,14H2. The summed E-state index contributed by atoms with van der Waals surface area (Å²) in [4.78, 5) is 3.99. The van der Waals surface area contributed by atoms with E-state index >= 15 is 0 Å². The molecule has 3 heteroatoms. The van der Waals surface area contributed by atoms with Gasteiger partial charge < -0.3 is 10.5 Å². The van der Waals surface area contributed by atoms with Crippen molar-refractivity contribution in [3.05, 3.63) is 48.8 Å². The molecule has 16 heavy (non-hydrogen) atoms. The zero-order valence-electron chi connectivity index (χ0n) is 8.97. The van der Waals surface area contributed by atoms with Gasteiger partial charge in [-0.3, -0.25) is 4.98 Å². The molecule has 0 aliphatic carbocycles. The summed E-state index contributed by atoms with van der Waals surface area (Å²) in [6, 6.07) is 11.9. The van der Waals surface area contributed by atoms with E-state index in [1.165, 1.54) is 0 Å². The third-order valence-corrected chi connectivity index (χ3v) is 2.25. The summed E-state index contributed by atoms with van der Waals surface area (Å²) in [6.45, 7) is 1.08. The van der Waals surface area contributed by atoms with Crippen molar-refractivity contribution >= 4 is 0 Å². The van der Waals surface area contributed by atoms with E-state index in [4.69, 9.17) is 10.5 Å². The van der Waals surface area contributed by atoms with Crippen molar-refractivity contribution in [1.82, 2.24) is 4.98 Å². The molecule has 3 nitrogen and oxygen atoms in total. The van der Waals surface area contributed by atoms with Gasteiger partial charge in [0.15, 0.2) is 0 Å². The van der Waals surface area contributed by atoms with Gasteiger partial charge in [0.25, 0.3) is 0 Å². The second-order valence-electron chi connectivity index (χ2n) is 3.40. The predicted octanol–water partition coefficient (Wildman–Crippen LogP) is 2.09. The minimum absolute atomic E-state index is 0.534. The van der Waals surface area contributed by atoms with Crippen molar-refractivity contribution in [2.24, 2.45) is 5.73 Å². The summed E-state index contributed by atoms with van der Waals surface area (Å²) in [5.74, 6) is 0.850. The first-order valence-electron chi connectivity index (χ1n) is 5.23. The van der Waals surface area contributed by atoms with E-state index in [0.29, 0.717) is 13.2 Å². The molecule has 0 atom stereocenters. The topological polar surface area (TPSA) is 48.1 Å². The molecule has 0 radical (unpaired) electrons. The summed E-state index contributed by atoms with van der Waals surface area (Å²) in [5, 5.41) is 0. The van der Waals surface area contributed by atoms with Crippen LogP contribution in [0.4, 0.5) is 0 Å². The second kappa shape index (κ2) is 5.28. The van der Waals surface area contributed by atoms with Gasteiger partial charge in [0.05, 0.1) is 0 Å². The Bertz CT molecular complexity index is 425. The number of pyridine rings is 1. The maximum absolute atomic E-state index is 5.41. The molecule has 1 aromatic carbocycles. The first-order chi connectivity index (χ1) is 7.90. The number of hydrogen-bond donors (Lipinski definition) is 1. The third-order valence-electron chi connectivity index (χ3n) is 2.25. The van der Waals surface area contributed by atoms with Gasteiger partial charge in [0.2, 0.25) is 0 Å². The molecule has 0 aliphatic rings. The van der Waals surface area contributed by atoms with E-state index in [0.717, 1.165) is 16.9 Å². The molecule has 0 aliphatic heterocycles. The van der Waals surface area contributed by atoms with E-state index in [2.05, 4.69) is 4.98 Å². The summed E-state index contributed by atoms with van der Waals surface area (Å²) in [5.41, 5.74) is 7.67. The molecule has 2 N–H and O–H groups in total. The number of hydrogen-bond acceptors (Lipinski definition) is 3. The number of nitrogens with two attached hydrogens (primary N) is 1. The van der Waals surface area contributed by atoms with Gasteiger partial charge in [-0.15, -0.1) is 0 Å². The van der Waals surface area contributed by atoms with E-state index in [1.54, 1.807) is 12.4 Å². The highest BCUT2D eigenvalue weighted by atomic mass is 16.5. The number of aromatic nitrogens is 1. The molecule has 0 amide bonds. The van der Waals surface area contributed by atoms with Crippen LogP contribution in [0, 0.1) is 0 Å². The molecule has 0 saturated carbocycles. The molecule has 0 saturated heterocycles. The van der Waals surface area contributed by atoms with Crippen LogP contribution in [0.5, 0.6) is 5.75 Å². The lowest BCUT2D eigenvalue weighted by molar-refractivity contribution is 0.328. The number of rotatable bonds is 4. The van der Waals surface area contributed by atoms with Crippen molar-refractivity contribution in [1.29, 1.82) is 0 Å². The molecule has 82 valence electrons. The van der Waals surface area contributed by atoms with Crippen LogP contribution in [0.25, 0.3) is 11.1 Å². The van der Waals surface area contributed by atoms with Crippen molar-refractivity contribution in [2.45, 2.75) is 0 Å².